The lowest BCUT2D eigenvalue weighted by molar-refractivity contribution is -0.137. The fourth-order valence-corrected chi connectivity index (χ4v) is 2.70. The average Bonchev–Trinajstić information content (AvgIpc) is 2.80. The molecule has 0 spiro atoms. The van der Waals surface area contributed by atoms with E-state index in [1.807, 2.05) is 0 Å². The highest BCUT2D eigenvalue weighted by atomic mass is 19.4. The number of fused-ring (bicyclic) bond motifs is 1. The van der Waals surface area contributed by atoms with Crippen LogP contribution in [0.4, 0.5) is 13.2 Å². The van der Waals surface area contributed by atoms with E-state index in [2.05, 4.69) is 15.6 Å². The molecule has 2 heterocycles. The normalized spacial score (nSPS) is 25.9. The van der Waals surface area contributed by atoms with Crippen LogP contribution in [0.3, 0.4) is 0 Å². The number of nitrogens with zero attached hydrogens (tertiary/aromatic N) is 1. The zero-order valence-electron chi connectivity index (χ0n) is 10.9. The van der Waals surface area contributed by atoms with Gasteiger partial charge >= 0.3 is 6.18 Å². The molecule has 3 nitrogen and oxygen atoms in total. The Morgan fingerprint density at radius 2 is 1.95 bits per heavy atom. The molecule has 1 aromatic rings. The second kappa shape index (κ2) is 5.09. The smallest absolute Gasteiger partial charge is 0.367 e. The van der Waals surface area contributed by atoms with Crippen LogP contribution in [0.5, 0.6) is 0 Å². The van der Waals surface area contributed by atoms with Crippen molar-refractivity contribution >= 4 is 5.84 Å². The number of hydrogen-bond acceptors (Lipinski definition) is 3. The molecule has 0 bridgehead atoms. The molecule has 2 unspecified atom stereocenters. The summed E-state index contributed by atoms with van der Waals surface area (Å²) in [4.78, 5) is 4.62. The minimum Gasteiger partial charge on any atom is -0.367 e. The number of piperidine rings is 1. The largest absolute Gasteiger partial charge is 0.416 e. The van der Waals surface area contributed by atoms with E-state index in [0.717, 1.165) is 43.0 Å². The molecule has 1 aromatic carbocycles. The van der Waals surface area contributed by atoms with Crippen molar-refractivity contribution in [1.29, 1.82) is 0 Å². The van der Waals surface area contributed by atoms with Gasteiger partial charge in [-0.3, -0.25) is 4.99 Å². The Morgan fingerprint density at radius 1 is 1.20 bits per heavy atom. The topological polar surface area (TPSA) is 36.4 Å². The molecule has 0 amide bonds. The summed E-state index contributed by atoms with van der Waals surface area (Å²) < 4.78 is 37.4. The van der Waals surface area contributed by atoms with E-state index in [4.69, 9.17) is 0 Å². The van der Waals surface area contributed by atoms with Crippen LogP contribution >= 0.6 is 0 Å². The van der Waals surface area contributed by atoms with Crippen LogP contribution < -0.4 is 10.6 Å². The van der Waals surface area contributed by atoms with Crippen molar-refractivity contribution in [2.75, 3.05) is 13.1 Å². The van der Waals surface area contributed by atoms with Crippen LogP contribution in [0.1, 0.15) is 17.5 Å². The van der Waals surface area contributed by atoms with Crippen molar-refractivity contribution in [2.45, 2.75) is 31.1 Å². The predicted molar refractivity (Wildman–Crippen MR) is 70.8 cm³/mol. The summed E-state index contributed by atoms with van der Waals surface area (Å²) >= 11 is 0. The molecular formula is C14H16F3N3. The van der Waals surface area contributed by atoms with Gasteiger partial charge in [0.25, 0.3) is 0 Å². The molecule has 0 radical (unpaired) electrons. The molecule has 3 rings (SSSR count). The summed E-state index contributed by atoms with van der Waals surface area (Å²) in [6.45, 7) is 1.87. The van der Waals surface area contributed by atoms with Crippen molar-refractivity contribution in [3.05, 3.63) is 35.4 Å². The lowest BCUT2D eigenvalue weighted by atomic mass is 10.0. The highest BCUT2D eigenvalue weighted by Gasteiger charge is 2.31. The van der Waals surface area contributed by atoms with Gasteiger partial charge in [-0.15, -0.1) is 0 Å². The van der Waals surface area contributed by atoms with E-state index >= 15 is 0 Å². The summed E-state index contributed by atoms with van der Waals surface area (Å²) in [5.74, 6) is 0.878. The van der Waals surface area contributed by atoms with Gasteiger partial charge in [-0.05, 0) is 30.7 Å². The Morgan fingerprint density at radius 3 is 2.60 bits per heavy atom. The Labute approximate surface area is 115 Å². The maximum absolute atomic E-state index is 12.5. The summed E-state index contributed by atoms with van der Waals surface area (Å²) in [5.41, 5.74) is 0.233. The standard InChI is InChI=1S/C14H16F3N3/c15-14(16,17)10-3-1-9(2-4-10)7-13-19-11-5-6-18-8-12(11)20-13/h1-4,11-12,18H,5-8H2,(H,19,20). The van der Waals surface area contributed by atoms with Gasteiger partial charge in [-0.25, -0.2) is 0 Å². The first kappa shape index (κ1) is 13.4. The molecular weight excluding hydrogens is 267 g/mol. The highest BCUT2D eigenvalue weighted by molar-refractivity contribution is 5.86. The Bertz CT molecular complexity index is 507. The van der Waals surface area contributed by atoms with E-state index in [1.54, 1.807) is 0 Å². The van der Waals surface area contributed by atoms with E-state index in [0.29, 0.717) is 18.5 Å². The zero-order valence-corrected chi connectivity index (χ0v) is 10.9. The second-order valence-electron chi connectivity index (χ2n) is 5.26. The van der Waals surface area contributed by atoms with Gasteiger partial charge in [0.1, 0.15) is 5.84 Å². The number of aliphatic imine (C=N–C) groups is 1. The molecule has 108 valence electrons. The van der Waals surface area contributed by atoms with Gasteiger partial charge in [0.2, 0.25) is 0 Å². The Kier molecular flexibility index (Phi) is 3.41. The van der Waals surface area contributed by atoms with Gasteiger partial charge in [-0.2, -0.15) is 13.2 Å². The molecule has 20 heavy (non-hydrogen) atoms. The lowest BCUT2D eigenvalue weighted by Gasteiger charge is -2.24. The molecule has 2 N–H and O–H groups in total. The van der Waals surface area contributed by atoms with Crippen molar-refractivity contribution in [3.63, 3.8) is 0 Å². The van der Waals surface area contributed by atoms with Crippen molar-refractivity contribution in [2.24, 2.45) is 4.99 Å². The summed E-state index contributed by atoms with van der Waals surface area (Å²) in [7, 11) is 0. The third-order valence-corrected chi connectivity index (χ3v) is 3.77. The minimum absolute atomic E-state index is 0.306. The van der Waals surface area contributed by atoms with Crippen molar-refractivity contribution < 1.29 is 13.2 Å². The first-order valence-corrected chi connectivity index (χ1v) is 6.72. The van der Waals surface area contributed by atoms with Crippen LogP contribution in [0.15, 0.2) is 29.3 Å². The monoisotopic (exact) mass is 283 g/mol. The first-order valence-electron chi connectivity index (χ1n) is 6.72. The SMILES string of the molecule is FC(F)(F)c1ccc(CC2=NC3CCNCC3N2)cc1. The molecule has 1 saturated heterocycles. The van der Waals surface area contributed by atoms with Crippen LogP contribution in [-0.4, -0.2) is 31.0 Å². The quantitative estimate of drug-likeness (QED) is 0.871. The predicted octanol–water partition coefficient (Wildman–Crippen LogP) is 1.98. The number of rotatable bonds is 2. The fourth-order valence-electron chi connectivity index (χ4n) is 2.70. The van der Waals surface area contributed by atoms with Gasteiger partial charge in [0, 0.05) is 13.0 Å². The van der Waals surface area contributed by atoms with Crippen molar-refractivity contribution in [3.8, 4) is 0 Å². The van der Waals surface area contributed by atoms with Gasteiger partial charge < -0.3 is 10.6 Å². The zero-order chi connectivity index (χ0) is 14.2. The van der Waals surface area contributed by atoms with Gasteiger partial charge in [0.15, 0.2) is 0 Å². The number of benzene rings is 1. The molecule has 1 fully saturated rings. The third-order valence-electron chi connectivity index (χ3n) is 3.77. The third kappa shape index (κ3) is 2.80. The Hall–Kier alpha value is -1.56. The highest BCUT2D eigenvalue weighted by Crippen LogP contribution is 2.29. The molecule has 0 saturated carbocycles. The number of hydrogen-bond donors (Lipinski definition) is 2. The van der Waals surface area contributed by atoms with E-state index in [9.17, 15) is 13.2 Å². The van der Waals surface area contributed by atoms with Gasteiger partial charge in [-0.1, -0.05) is 12.1 Å². The average molecular weight is 283 g/mol. The maximum atomic E-state index is 12.5. The lowest BCUT2D eigenvalue weighted by Crippen LogP contribution is -2.48. The molecule has 2 aliphatic rings. The molecule has 0 aliphatic carbocycles. The fraction of sp³-hybridized carbons (Fsp3) is 0.500. The minimum atomic E-state index is -4.28. The molecule has 2 aliphatic heterocycles. The summed E-state index contributed by atoms with van der Waals surface area (Å²) in [6.07, 6.45) is -2.71. The maximum Gasteiger partial charge on any atom is 0.416 e. The Balaban J connectivity index is 1.66. The number of amidine groups is 1. The van der Waals surface area contributed by atoms with E-state index < -0.39 is 11.7 Å². The van der Waals surface area contributed by atoms with Crippen LogP contribution in [0.2, 0.25) is 0 Å². The molecule has 2 atom stereocenters. The molecule has 0 aromatic heterocycles. The van der Waals surface area contributed by atoms with Gasteiger partial charge in [0.05, 0.1) is 17.6 Å². The number of nitrogens with one attached hydrogen (secondary N) is 2. The van der Waals surface area contributed by atoms with Crippen LogP contribution in [-0.2, 0) is 12.6 Å². The van der Waals surface area contributed by atoms with E-state index in [-0.39, 0.29) is 0 Å². The molecule has 6 heteroatoms. The number of alkyl halides is 3. The first-order chi connectivity index (χ1) is 9.52. The van der Waals surface area contributed by atoms with Crippen molar-refractivity contribution in [1.82, 2.24) is 10.6 Å². The van der Waals surface area contributed by atoms with E-state index in [1.165, 1.54) is 12.1 Å². The number of halogens is 3. The second-order valence-corrected chi connectivity index (χ2v) is 5.26. The summed E-state index contributed by atoms with van der Waals surface area (Å²) in [5, 5.41) is 6.66. The summed E-state index contributed by atoms with van der Waals surface area (Å²) in [6, 6.07) is 5.92. The van der Waals surface area contributed by atoms with Crippen LogP contribution in [0, 0.1) is 0 Å². The van der Waals surface area contributed by atoms with Crippen LogP contribution in [0.25, 0.3) is 0 Å².